The third-order valence-electron chi connectivity index (χ3n) is 5.36. The largest absolute Gasteiger partial charge is 0.401 e. The highest BCUT2D eigenvalue weighted by atomic mass is 16.1. The molecule has 0 aromatic carbocycles. The normalized spacial score (nSPS) is 14.0. The summed E-state index contributed by atoms with van der Waals surface area (Å²) in [6, 6.07) is 3.86. The fourth-order valence-electron chi connectivity index (χ4n) is 3.10. The van der Waals surface area contributed by atoms with E-state index in [1.165, 1.54) is 12.3 Å². The van der Waals surface area contributed by atoms with Gasteiger partial charge in [0.05, 0.1) is 17.5 Å². The quantitative estimate of drug-likeness (QED) is 0.488. The van der Waals surface area contributed by atoms with Crippen LogP contribution in [0.4, 0.5) is 5.95 Å². The minimum atomic E-state index is -0.568. The van der Waals surface area contributed by atoms with Crippen molar-refractivity contribution in [3.8, 4) is 11.3 Å². The monoisotopic (exact) mass is 391 g/mol. The molecule has 8 nitrogen and oxygen atoms in total. The number of nitrogens with zero attached hydrogens (tertiary/aromatic N) is 5. The molecule has 0 saturated heterocycles. The molecule has 0 fully saturated rings. The molecule has 0 saturated carbocycles. The van der Waals surface area contributed by atoms with Crippen molar-refractivity contribution in [2.75, 3.05) is 5.73 Å². The van der Waals surface area contributed by atoms with Gasteiger partial charge in [-0.15, -0.1) is 0 Å². The van der Waals surface area contributed by atoms with Crippen LogP contribution in [-0.2, 0) is 12.5 Å². The summed E-state index contributed by atoms with van der Waals surface area (Å²) >= 11 is 0. The van der Waals surface area contributed by atoms with Crippen LogP contribution in [0.1, 0.15) is 36.7 Å². The summed E-state index contributed by atoms with van der Waals surface area (Å²) < 4.78 is 1.59. The molecule has 0 unspecified atom stereocenters. The Labute approximate surface area is 169 Å². The second kappa shape index (κ2) is 7.83. The third kappa shape index (κ3) is 4.01. The van der Waals surface area contributed by atoms with Gasteiger partial charge in [0, 0.05) is 54.6 Å². The van der Waals surface area contributed by atoms with Crippen LogP contribution < -0.4 is 11.5 Å². The topological polar surface area (TPSA) is 126 Å². The lowest BCUT2D eigenvalue weighted by Crippen LogP contribution is -2.35. The number of pyridine rings is 1. The van der Waals surface area contributed by atoms with E-state index < -0.39 is 5.41 Å². The number of nitrogens with two attached hydrogens (primary N) is 2. The summed E-state index contributed by atoms with van der Waals surface area (Å²) in [7, 11) is 1.77. The highest BCUT2D eigenvalue weighted by Crippen LogP contribution is 2.37. The number of aryl methyl sites for hydroxylation is 1. The molecule has 3 aromatic heterocycles. The molecule has 0 amide bonds. The van der Waals surface area contributed by atoms with E-state index in [9.17, 15) is 4.79 Å². The SMILES string of the molecule is CC(C)[C@](C)(C(N)=CC(=O)c1cnn(C)c1)c1ccc(-c2cnc(N)nc2)nc1. The Kier molecular flexibility index (Phi) is 5.45. The Hall–Kier alpha value is -3.55. The van der Waals surface area contributed by atoms with E-state index in [-0.39, 0.29) is 17.6 Å². The third-order valence-corrected chi connectivity index (χ3v) is 5.36. The molecule has 3 heterocycles. The maximum Gasteiger partial charge on any atom is 0.219 e. The Bertz CT molecular complexity index is 1040. The van der Waals surface area contributed by atoms with Gasteiger partial charge in [0.2, 0.25) is 5.95 Å². The number of hydrogen-bond donors (Lipinski definition) is 2. The lowest BCUT2D eigenvalue weighted by molar-refractivity contribution is 0.104. The van der Waals surface area contributed by atoms with E-state index in [0.29, 0.717) is 11.3 Å². The van der Waals surface area contributed by atoms with Gasteiger partial charge < -0.3 is 11.5 Å². The van der Waals surface area contributed by atoms with Crippen LogP contribution in [-0.4, -0.2) is 30.5 Å². The van der Waals surface area contributed by atoms with Gasteiger partial charge in [0.25, 0.3) is 0 Å². The molecule has 29 heavy (non-hydrogen) atoms. The number of aromatic nitrogens is 5. The molecular weight excluding hydrogens is 366 g/mol. The van der Waals surface area contributed by atoms with Gasteiger partial charge >= 0.3 is 0 Å². The van der Waals surface area contributed by atoms with Crippen molar-refractivity contribution in [1.82, 2.24) is 24.7 Å². The number of hydrogen-bond acceptors (Lipinski definition) is 7. The molecule has 0 spiro atoms. The van der Waals surface area contributed by atoms with E-state index >= 15 is 0 Å². The minimum absolute atomic E-state index is 0.132. The van der Waals surface area contributed by atoms with Crippen molar-refractivity contribution in [2.24, 2.45) is 18.7 Å². The average Bonchev–Trinajstić information content (AvgIpc) is 3.14. The summed E-state index contributed by atoms with van der Waals surface area (Å²) in [5.41, 5.74) is 14.8. The Morgan fingerprint density at radius 3 is 2.34 bits per heavy atom. The molecule has 0 aliphatic carbocycles. The molecule has 3 rings (SSSR count). The van der Waals surface area contributed by atoms with Crippen LogP contribution in [0.5, 0.6) is 0 Å². The van der Waals surface area contributed by atoms with Crippen molar-refractivity contribution in [3.63, 3.8) is 0 Å². The van der Waals surface area contributed by atoms with Crippen LogP contribution in [0.15, 0.2) is 54.9 Å². The number of rotatable bonds is 6. The van der Waals surface area contributed by atoms with Crippen LogP contribution in [0.2, 0.25) is 0 Å². The molecule has 0 radical (unpaired) electrons. The average molecular weight is 391 g/mol. The highest BCUT2D eigenvalue weighted by molar-refractivity contribution is 6.04. The van der Waals surface area contributed by atoms with Crippen molar-refractivity contribution in [3.05, 3.63) is 66.0 Å². The molecule has 0 aliphatic rings. The zero-order chi connectivity index (χ0) is 21.2. The summed E-state index contributed by atoms with van der Waals surface area (Å²) in [5, 5.41) is 4.04. The zero-order valence-corrected chi connectivity index (χ0v) is 17.0. The molecular formula is C21H25N7O. The first-order valence-electron chi connectivity index (χ1n) is 9.27. The predicted octanol–water partition coefficient (Wildman–Crippen LogP) is 2.49. The molecule has 4 N–H and O–H groups in total. The molecule has 150 valence electrons. The first-order chi connectivity index (χ1) is 13.7. The van der Waals surface area contributed by atoms with E-state index in [2.05, 4.69) is 33.9 Å². The van der Waals surface area contributed by atoms with Crippen molar-refractivity contribution >= 4 is 11.7 Å². The van der Waals surface area contributed by atoms with Gasteiger partial charge in [-0.1, -0.05) is 19.9 Å². The fourth-order valence-corrected chi connectivity index (χ4v) is 3.10. The Morgan fingerprint density at radius 2 is 1.83 bits per heavy atom. The number of carbonyl (C=O) groups excluding carboxylic acids is 1. The number of ketones is 1. The summed E-state index contributed by atoms with van der Waals surface area (Å²) in [5.74, 6) is 0.174. The maximum atomic E-state index is 12.6. The summed E-state index contributed by atoms with van der Waals surface area (Å²) in [6.07, 6.45) is 9.73. The summed E-state index contributed by atoms with van der Waals surface area (Å²) in [6.45, 7) is 6.15. The van der Waals surface area contributed by atoms with Gasteiger partial charge in [-0.3, -0.25) is 14.5 Å². The highest BCUT2D eigenvalue weighted by Gasteiger charge is 2.34. The molecule has 0 bridgehead atoms. The molecule has 3 aromatic rings. The number of carbonyl (C=O) groups is 1. The number of nitrogen functional groups attached to an aromatic ring is 1. The lowest BCUT2D eigenvalue weighted by Gasteiger charge is -2.35. The zero-order valence-electron chi connectivity index (χ0n) is 17.0. The van der Waals surface area contributed by atoms with Crippen molar-refractivity contribution < 1.29 is 4.79 Å². The Balaban J connectivity index is 1.94. The van der Waals surface area contributed by atoms with Crippen LogP contribution in [0.25, 0.3) is 11.3 Å². The second-order valence-electron chi connectivity index (χ2n) is 7.49. The van der Waals surface area contributed by atoms with Crippen molar-refractivity contribution in [2.45, 2.75) is 26.2 Å². The van der Waals surface area contributed by atoms with Gasteiger partial charge in [-0.2, -0.15) is 5.10 Å². The first-order valence-corrected chi connectivity index (χ1v) is 9.27. The maximum absolute atomic E-state index is 12.6. The standard InChI is InChI=1S/C21H25N7O/c1-13(2)21(3,19(22)7-18(29)15-10-27-28(4)12-15)16-5-6-17(24-11-16)14-8-25-20(23)26-9-14/h5-13H,22H2,1-4H3,(H2,23,25,26)/t21-/m0/s1. The van der Waals surface area contributed by atoms with Crippen LogP contribution in [0.3, 0.4) is 0 Å². The van der Waals surface area contributed by atoms with E-state index in [0.717, 1.165) is 16.8 Å². The molecule has 8 heteroatoms. The smallest absolute Gasteiger partial charge is 0.219 e. The van der Waals surface area contributed by atoms with Crippen LogP contribution in [0, 0.1) is 5.92 Å². The Morgan fingerprint density at radius 1 is 1.14 bits per heavy atom. The number of allylic oxidation sites excluding steroid dienone is 2. The van der Waals surface area contributed by atoms with Gasteiger partial charge in [-0.25, -0.2) is 9.97 Å². The van der Waals surface area contributed by atoms with E-state index in [4.69, 9.17) is 11.5 Å². The molecule has 0 aliphatic heterocycles. The second-order valence-corrected chi connectivity index (χ2v) is 7.49. The molecule has 1 atom stereocenters. The van der Waals surface area contributed by atoms with Crippen molar-refractivity contribution in [1.29, 1.82) is 0 Å². The van der Waals surface area contributed by atoms with Gasteiger partial charge in [-0.05, 0) is 24.5 Å². The summed E-state index contributed by atoms with van der Waals surface area (Å²) in [4.78, 5) is 25.1. The lowest BCUT2D eigenvalue weighted by atomic mass is 9.71. The van der Waals surface area contributed by atoms with Crippen LogP contribution >= 0.6 is 0 Å². The van der Waals surface area contributed by atoms with E-state index in [1.807, 2.05) is 19.1 Å². The van der Waals surface area contributed by atoms with Gasteiger partial charge in [0.1, 0.15) is 0 Å². The first kappa shape index (κ1) is 20.2. The van der Waals surface area contributed by atoms with E-state index in [1.54, 1.807) is 36.5 Å². The number of anilines is 1. The predicted molar refractivity (Wildman–Crippen MR) is 112 cm³/mol. The minimum Gasteiger partial charge on any atom is -0.401 e. The fraction of sp³-hybridized carbons (Fsp3) is 0.286. The van der Waals surface area contributed by atoms with Gasteiger partial charge in [0.15, 0.2) is 5.78 Å².